The van der Waals surface area contributed by atoms with Gasteiger partial charge in [-0.25, -0.2) is 0 Å². The number of benzene rings is 1. The zero-order valence-corrected chi connectivity index (χ0v) is 8.77. The maximum Gasteiger partial charge on any atom is 0.190 e. The van der Waals surface area contributed by atoms with Crippen LogP contribution in [0.2, 0.25) is 0 Å². The molecule has 0 aliphatic rings. The predicted molar refractivity (Wildman–Crippen MR) is 54.3 cm³/mol. The number of carbonyl (C=O) groups excluding carboxylic acids is 1. The van der Waals surface area contributed by atoms with E-state index in [0.717, 1.165) is 16.2 Å². The summed E-state index contributed by atoms with van der Waals surface area (Å²) in [6.07, 6.45) is 0. The predicted octanol–water partition coefficient (Wildman–Crippen LogP) is 2.64. The number of hydrogen-bond donors (Lipinski definition) is 0. The second kappa shape index (κ2) is 4.33. The van der Waals surface area contributed by atoms with Gasteiger partial charge >= 0.3 is 0 Å². The third-order valence-electron chi connectivity index (χ3n) is 1.63. The van der Waals surface area contributed by atoms with E-state index in [2.05, 4.69) is 0 Å². The molecule has 0 saturated carbocycles. The first-order chi connectivity index (χ1) is 6.13. The third kappa shape index (κ3) is 2.77. The molecule has 0 saturated heterocycles. The van der Waals surface area contributed by atoms with Crippen molar-refractivity contribution in [2.75, 3.05) is 7.11 Å². The van der Waals surface area contributed by atoms with Gasteiger partial charge in [-0.2, -0.15) is 0 Å². The molecule has 0 spiro atoms. The van der Waals surface area contributed by atoms with Crippen LogP contribution in [0, 0.1) is 6.92 Å². The molecule has 0 fully saturated rings. The van der Waals surface area contributed by atoms with Crippen molar-refractivity contribution in [3.05, 3.63) is 23.8 Å². The number of carbonyl (C=O) groups is 1. The van der Waals surface area contributed by atoms with Crippen molar-refractivity contribution in [1.29, 1.82) is 0 Å². The molecule has 0 aliphatic carbocycles. The molecule has 3 heteroatoms. The molecule has 70 valence electrons. The van der Waals surface area contributed by atoms with Gasteiger partial charge in [-0.05, 0) is 30.7 Å². The van der Waals surface area contributed by atoms with Crippen LogP contribution in [0.1, 0.15) is 12.5 Å². The van der Waals surface area contributed by atoms with E-state index < -0.39 is 0 Å². The highest BCUT2D eigenvalue weighted by Gasteiger charge is 2.02. The summed E-state index contributed by atoms with van der Waals surface area (Å²) < 4.78 is 5.11. The lowest BCUT2D eigenvalue weighted by atomic mass is 10.2. The standard InChI is InChI=1S/C10H12O2S/c1-7-6-9(13-8(2)11)4-5-10(7)12-3/h4-6H,1-3H3. The molecule has 0 unspecified atom stereocenters. The molecule has 2 nitrogen and oxygen atoms in total. The van der Waals surface area contributed by atoms with Gasteiger partial charge in [0.1, 0.15) is 5.75 Å². The van der Waals surface area contributed by atoms with Gasteiger partial charge in [-0.15, -0.1) is 0 Å². The molecular formula is C10H12O2S. The minimum absolute atomic E-state index is 0.101. The Morgan fingerprint density at radius 2 is 2.15 bits per heavy atom. The molecule has 0 N–H and O–H groups in total. The summed E-state index contributed by atoms with van der Waals surface area (Å²) in [5.41, 5.74) is 1.05. The SMILES string of the molecule is COc1ccc(SC(C)=O)cc1C. The van der Waals surface area contributed by atoms with E-state index in [1.54, 1.807) is 14.0 Å². The Labute approximate surface area is 82.3 Å². The largest absolute Gasteiger partial charge is 0.496 e. The van der Waals surface area contributed by atoms with E-state index >= 15 is 0 Å². The minimum atomic E-state index is 0.101. The van der Waals surface area contributed by atoms with Gasteiger partial charge in [0.2, 0.25) is 0 Å². The Balaban J connectivity index is 2.89. The van der Waals surface area contributed by atoms with E-state index in [1.165, 1.54) is 11.8 Å². The first-order valence-corrected chi connectivity index (χ1v) is 4.78. The maximum absolute atomic E-state index is 10.8. The number of hydrogen-bond acceptors (Lipinski definition) is 3. The van der Waals surface area contributed by atoms with Gasteiger partial charge in [0, 0.05) is 11.8 Å². The van der Waals surface area contributed by atoms with E-state index in [0.29, 0.717) is 0 Å². The molecule has 0 atom stereocenters. The zero-order chi connectivity index (χ0) is 9.84. The highest BCUT2D eigenvalue weighted by Crippen LogP contribution is 2.25. The molecular weight excluding hydrogens is 184 g/mol. The Morgan fingerprint density at radius 1 is 1.46 bits per heavy atom. The van der Waals surface area contributed by atoms with Crippen molar-refractivity contribution in [3.8, 4) is 5.75 Å². The summed E-state index contributed by atoms with van der Waals surface area (Å²) in [5, 5.41) is 0.101. The molecule has 0 aromatic heterocycles. The van der Waals surface area contributed by atoms with Gasteiger partial charge < -0.3 is 4.74 Å². The summed E-state index contributed by atoms with van der Waals surface area (Å²) >= 11 is 1.24. The van der Waals surface area contributed by atoms with Crippen LogP contribution in [0.15, 0.2) is 23.1 Å². The van der Waals surface area contributed by atoms with E-state index in [9.17, 15) is 4.79 Å². The first-order valence-electron chi connectivity index (χ1n) is 3.96. The maximum atomic E-state index is 10.8. The molecule has 13 heavy (non-hydrogen) atoms. The molecule has 0 bridgehead atoms. The van der Waals surface area contributed by atoms with Crippen molar-refractivity contribution < 1.29 is 9.53 Å². The Morgan fingerprint density at radius 3 is 2.62 bits per heavy atom. The quantitative estimate of drug-likeness (QED) is 0.680. The van der Waals surface area contributed by atoms with Crippen LogP contribution in [0.5, 0.6) is 5.75 Å². The molecule has 0 heterocycles. The third-order valence-corrected chi connectivity index (χ3v) is 2.40. The van der Waals surface area contributed by atoms with Crippen LogP contribution in [-0.2, 0) is 4.79 Å². The Kier molecular flexibility index (Phi) is 3.37. The van der Waals surface area contributed by atoms with Gasteiger partial charge in [-0.3, -0.25) is 4.79 Å². The topological polar surface area (TPSA) is 26.3 Å². The fourth-order valence-electron chi connectivity index (χ4n) is 1.08. The summed E-state index contributed by atoms with van der Waals surface area (Å²) in [4.78, 5) is 11.8. The van der Waals surface area contributed by atoms with E-state index in [-0.39, 0.29) is 5.12 Å². The summed E-state index contributed by atoms with van der Waals surface area (Å²) in [7, 11) is 1.64. The van der Waals surface area contributed by atoms with Crippen molar-refractivity contribution in [3.63, 3.8) is 0 Å². The summed E-state index contributed by atoms with van der Waals surface area (Å²) in [6, 6.07) is 5.71. The van der Waals surface area contributed by atoms with Crippen LogP contribution in [0.3, 0.4) is 0 Å². The lowest BCUT2D eigenvalue weighted by molar-refractivity contribution is -0.109. The van der Waals surface area contributed by atoms with Crippen LogP contribution in [-0.4, -0.2) is 12.2 Å². The molecule has 0 amide bonds. The fourth-order valence-corrected chi connectivity index (χ4v) is 1.78. The van der Waals surface area contributed by atoms with Crippen LogP contribution < -0.4 is 4.74 Å². The summed E-state index contributed by atoms with van der Waals surface area (Å²) in [5.74, 6) is 0.855. The fraction of sp³-hybridized carbons (Fsp3) is 0.300. The lowest BCUT2D eigenvalue weighted by Crippen LogP contribution is -1.88. The van der Waals surface area contributed by atoms with Crippen molar-refractivity contribution >= 4 is 16.9 Å². The average Bonchev–Trinajstić information content (AvgIpc) is 2.03. The van der Waals surface area contributed by atoms with Crippen molar-refractivity contribution in [2.24, 2.45) is 0 Å². The van der Waals surface area contributed by atoms with E-state index in [4.69, 9.17) is 4.74 Å². The van der Waals surface area contributed by atoms with Crippen molar-refractivity contribution in [1.82, 2.24) is 0 Å². The lowest BCUT2D eigenvalue weighted by Gasteiger charge is -2.05. The number of aryl methyl sites for hydroxylation is 1. The number of rotatable bonds is 2. The molecule has 1 aromatic rings. The Bertz CT molecular complexity index is 321. The Hall–Kier alpha value is -0.960. The molecule has 1 rings (SSSR count). The minimum Gasteiger partial charge on any atom is -0.496 e. The number of methoxy groups -OCH3 is 1. The zero-order valence-electron chi connectivity index (χ0n) is 7.96. The van der Waals surface area contributed by atoms with Crippen LogP contribution in [0.25, 0.3) is 0 Å². The normalized spacial score (nSPS) is 9.77. The van der Waals surface area contributed by atoms with Crippen LogP contribution in [0.4, 0.5) is 0 Å². The smallest absolute Gasteiger partial charge is 0.190 e. The summed E-state index contributed by atoms with van der Waals surface area (Å²) in [6.45, 7) is 3.52. The van der Waals surface area contributed by atoms with Gasteiger partial charge in [-0.1, -0.05) is 11.8 Å². The monoisotopic (exact) mass is 196 g/mol. The second-order valence-electron chi connectivity index (χ2n) is 2.73. The van der Waals surface area contributed by atoms with Crippen LogP contribution >= 0.6 is 11.8 Å². The van der Waals surface area contributed by atoms with E-state index in [1.807, 2.05) is 25.1 Å². The number of ether oxygens (including phenoxy) is 1. The molecule has 1 aromatic carbocycles. The highest BCUT2D eigenvalue weighted by molar-refractivity contribution is 8.13. The van der Waals surface area contributed by atoms with Gasteiger partial charge in [0.05, 0.1) is 7.11 Å². The van der Waals surface area contributed by atoms with Gasteiger partial charge in [0.25, 0.3) is 0 Å². The van der Waals surface area contributed by atoms with Crippen molar-refractivity contribution in [2.45, 2.75) is 18.7 Å². The highest BCUT2D eigenvalue weighted by atomic mass is 32.2. The first kappa shape index (κ1) is 10.1. The second-order valence-corrected chi connectivity index (χ2v) is 3.98. The average molecular weight is 196 g/mol. The number of thioether (sulfide) groups is 1. The van der Waals surface area contributed by atoms with Gasteiger partial charge in [0.15, 0.2) is 5.12 Å². The molecule has 0 aliphatic heterocycles. The molecule has 0 radical (unpaired) electrons.